The summed E-state index contributed by atoms with van der Waals surface area (Å²) >= 11 is 0. The molecule has 0 aromatic heterocycles. The van der Waals surface area contributed by atoms with Crippen molar-refractivity contribution in [3.05, 3.63) is 35.9 Å². The predicted molar refractivity (Wildman–Crippen MR) is 60.7 cm³/mol. The van der Waals surface area contributed by atoms with Gasteiger partial charge in [0.05, 0.1) is 0 Å². The molecule has 0 aliphatic carbocycles. The zero-order valence-electron chi connectivity index (χ0n) is 9.33. The lowest BCUT2D eigenvalue weighted by Gasteiger charge is -2.08. The molecule has 0 aliphatic heterocycles. The minimum Gasteiger partial charge on any atom is -0.461 e. The van der Waals surface area contributed by atoms with E-state index in [4.69, 9.17) is 9.84 Å². The van der Waals surface area contributed by atoms with E-state index in [-0.39, 0.29) is 19.4 Å². The minimum absolute atomic E-state index is 0.0643. The lowest BCUT2D eigenvalue weighted by molar-refractivity contribution is -0.145. The van der Waals surface area contributed by atoms with Gasteiger partial charge in [-0.1, -0.05) is 30.3 Å². The van der Waals surface area contributed by atoms with E-state index in [1.165, 1.54) is 0 Å². The molecule has 5 heteroatoms. The topological polar surface area (TPSA) is 75.6 Å². The number of rotatable bonds is 7. The van der Waals surface area contributed by atoms with E-state index in [0.717, 1.165) is 5.56 Å². The largest absolute Gasteiger partial charge is 0.461 e. The van der Waals surface area contributed by atoms with Crippen LogP contribution >= 0.6 is 0 Å². The van der Waals surface area contributed by atoms with Gasteiger partial charge in [0.1, 0.15) is 12.8 Å². The van der Waals surface area contributed by atoms with Crippen molar-refractivity contribution < 1.29 is 19.4 Å². The molecule has 1 rings (SSSR count). The summed E-state index contributed by atoms with van der Waals surface area (Å²) in [7, 11) is 0. The fourth-order valence-electron chi connectivity index (χ4n) is 1.23. The Balaban J connectivity index is 2.19. The highest BCUT2D eigenvalue weighted by Crippen LogP contribution is 2.03. The zero-order chi connectivity index (χ0) is 12.5. The highest BCUT2D eigenvalue weighted by atomic mass is 16.5. The molecule has 17 heavy (non-hydrogen) atoms. The third-order valence-electron chi connectivity index (χ3n) is 2.12. The van der Waals surface area contributed by atoms with Crippen LogP contribution in [0.5, 0.6) is 0 Å². The van der Waals surface area contributed by atoms with E-state index >= 15 is 0 Å². The van der Waals surface area contributed by atoms with Gasteiger partial charge < -0.3 is 15.2 Å². The molecule has 0 saturated heterocycles. The number of amides is 1. The summed E-state index contributed by atoms with van der Waals surface area (Å²) in [6.07, 6.45) is -0.405. The van der Waals surface area contributed by atoms with Crippen molar-refractivity contribution in [2.45, 2.75) is 25.7 Å². The van der Waals surface area contributed by atoms with Gasteiger partial charge in [-0.2, -0.15) is 0 Å². The van der Waals surface area contributed by atoms with Crippen LogP contribution in [-0.2, 0) is 20.9 Å². The zero-order valence-corrected chi connectivity index (χ0v) is 9.33. The molecule has 1 aromatic carbocycles. The smallest absolute Gasteiger partial charge is 0.306 e. The van der Waals surface area contributed by atoms with Gasteiger partial charge in [0, 0.05) is 12.8 Å². The summed E-state index contributed by atoms with van der Waals surface area (Å²) in [5, 5.41) is 11.3. The first-order chi connectivity index (χ1) is 8.22. The minimum atomic E-state index is -1.00. The summed E-state index contributed by atoms with van der Waals surface area (Å²) in [5.41, 5.74) is 0.910. The lowest BCUT2D eigenvalue weighted by Crippen LogP contribution is -2.27. The Kier molecular flexibility index (Phi) is 5.74. The number of hydrogen-bond acceptors (Lipinski definition) is 4. The Morgan fingerprint density at radius 3 is 2.76 bits per heavy atom. The highest BCUT2D eigenvalue weighted by molar-refractivity contribution is 5.69. The van der Waals surface area contributed by atoms with Crippen molar-refractivity contribution in [2.75, 3.05) is 0 Å². The Morgan fingerprint density at radius 2 is 2.12 bits per heavy atom. The molecular formula is C12H15NO4. The number of esters is 1. The Labute approximate surface area is 99.4 Å². The van der Waals surface area contributed by atoms with Gasteiger partial charge in [-0.25, -0.2) is 0 Å². The summed E-state index contributed by atoms with van der Waals surface area (Å²) in [5.74, 6) is -0.402. The van der Waals surface area contributed by atoms with E-state index in [1.807, 2.05) is 30.3 Å². The van der Waals surface area contributed by atoms with Crippen LogP contribution in [-0.4, -0.2) is 23.7 Å². The van der Waals surface area contributed by atoms with E-state index in [9.17, 15) is 9.59 Å². The summed E-state index contributed by atoms with van der Waals surface area (Å²) in [6, 6.07) is 9.32. The molecular weight excluding hydrogens is 222 g/mol. The van der Waals surface area contributed by atoms with Crippen LogP contribution in [0.4, 0.5) is 0 Å². The molecule has 0 spiro atoms. The second kappa shape index (κ2) is 7.40. The van der Waals surface area contributed by atoms with Crippen LogP contribution in [0.2, 0.25) is 0 Å². The number of aliphatic hydroxyl groups excluding tert-OH is 1. The second-order valence-electron chi connectivity index (χ2n) is 3.49. The maximum Gasteiger partial charge on any atom is 0.306 e. The molecule has 2 N–H and O–H groups in total. The van der Waals surface area contributed by atoms with E-state index in [1.54, 1.807) is 0 Å². The average molecular weight is 237 g/mol. The van der Waals surface area contributed by atoms with E-state index in [2.05, 4.69) is 5.32 Å². The Morgan fingerprint density at radius 1 is 1.41 bits per heavy atom. The van der Waals surface area contributed by atoms with Gasteiger partial charge in [-0.3, -0.25) is 9.59 Å². The summed E-state index contributed by atoms with van der Waals surface area (Å²) < 4.78 is 4.99. The molecule has 1 unspecified atom stereocenters. The lowest BCUT2D eigenvalue weighted by atomic mass is 10.2. The van der Waals surface area contributed by atoms with Crippen LogP contribution in [0.1, 0.15) is 18.4 Å². The van der Waals surface area contributed by atoms with Crippen molar-refractivity contribution in [1.29, 1.82) is 0 Å². The standard InChI is InChI=1S/C12H15NO4/c14-9-13-11(15)6-7-12(16)17-8-10-4-2-1-3-5-10/h1-5,9,11,15H,6-8H2,(H,13,14). The number of benzene rings is 1. The van der Waals surface area contributed by atoms with Gasteiger partial charge in [0.15, 0.2) is 0 Å². The molecule has 0 radical (unpaired) electrons. The van der Waals surface area contributed by atoms with Crippen LogP contribution in [0.25, 0.3) is 0 Å². The average Bonchev–Trinajstić information content (AvgIpc) is 2.35. The fourth-order valence-corrected chi connectivity index (χ4v) is 1.23. The molecule has 1 atom stereocenters. The molecule has 0 fully saturated rings. The van der Waals surface area contributed by atoms with Gasteiger partial charge in [0.25, 0.3) is 0 Å². The van der Waals surface area contributed by atoms with Crippen molar-refractivity contribution >= 4 is 12.4 Å². The first-order valence-electron chi connectivity index (χ1n) is 5.29. The number of aliphatic hydroxyl groups is 1. The molecule has 1 amide bonds. The Bertz CT molecular complexity index is 353. The van der Waals surface area contributed by atoms with E-state index in [0.29, 0.717) is 6.41 Å². The van der Waals surface area contributed by atoms with Crippen molar-refractivity contribution in [2.24, 2.45) is 0 Å². The monoisotopic (exact) mass is 237 g/mol. The van der Waals surface area contributed by atoms with Crippen LogP contribution in [0.15, 0.2) is 30.3 Å². The van der Waals surface area contributed by atoms with Crippen LogP contribution < -0.4 is 5.32 Å². The number of hydrogen-bond donors (Lipinski definition) is 2. The molecule has 92 valence electrons. The molecule has 0 saturated carbocycles. The third kappa shape index (κ3) is 5.67. The number of nitrogens with one attached hydrogen (secondary N) is 1. The fraction of sp³-hybridized carbons (Fsp3) is 0.333. The van der Waals surface area contributed by atoms with Crippen LogP contribution in [0, 0.1) is 0 Å². The highest BCUT2D eigenvalue weighted by Gasteiger charge is 2.08. The number of carbonyl (C=O) groups is 2. The quantitative estimate of drug-likeness (QED) is 0.413. The first-order valence-corrected chi connectivity index (χ1v) is 5.29. The molecule has 1 aromatic rings. The predicted octanol–water partition coefficient (Wildman–Crippen LogP) is 0.574. The van der Waals surface area contributed by atoms with Gasteiger partial charge in [-0.15, -0.1) is 0 Å². The molecule has 5 nitrogen and oxygen atoms in total. The van der Waals surface area contributed by atoms with Gasteiger partial charge >= 0.3 is 5.97 Å². The van der Waals surface area contributed by atoms with Crippen LogP contribution in [0.3, 0.4) is 0 Å². The molecule has 0 aliphatic rings. The van der Waals surface area contributed by atoms with Crippen molar-refractivity contribution in [3.63, 3.8) is 0 Å². The SMILES string of the molecule is O=CNC(O)CCC(=O)OCc1ccccc1. The van der Waals surface area contributed by atoms with E-state index < -0.39 is 12.2 Å². The number of carbonyl (C=O) groups excluding carboxylic acids is 2. The maximum atomic E-state index is 11.3. The second-order valence-corrected chi connectivity index (χ2v) is 3.49. The summed E-state index contributed by atoms with van der Waals surface area (Å²) in [4.78, 5) is 21.3. The normalized spacial score (nSPS) is 11.6. The summed E-state index contributed by atoms with van der Waals surface area (Å²) in [6.45, 7) is 0.219. The number of ether oxygens (including phenoxy) is 1. The maximum absolute atomic E-state index is 11.3. The van der Waals surface area contributed by atoms with Gasteiger partial charge in [0.2, 0.25) is 6.41 Å². The van der Waals surface area contributed by atoms with Crippen molar-refractivity contribution in [1.82, 2.24) is 5.32 Å². The Hall–Kier alpha value is -1.88. The molecule has 0 bridgehead atoms. The van der Waals surface area contributed by atoms with Gasteiger partial charge in [-0.05, 0) is 5.56 Å². The third-order valence-corrected chi connectivity index (χ3v) is 2.12. The molecule has 0 heterocycles. The van der Waals surface area contributed by atoms with Crippen molar-refractivity contribution in [3.8, 4) is 0 Å². The first kappa shape index (κ1) is 13.2.